The monoisotopic (exact) mass is 257 g/mol. The van der Waals surface area contributed by atoms with Crippen LogP contribution in [0.2, 0.25) is 0 Å². The lowest BCUT2D eigenvalue weighted by Gasteiger charge is -2.27. The van der Waals surface area contributed by atoms with Gasteiger partial charge in [0.15, 0.2) is 0 Å². The van der Waals surface area contributed by atoms with Crippen molar-refractivity contribution < 1.29 is 4.79 Å². The third-order valence-corrected chi connectivity index (χ3v) is 4.76. The molecule has 2 heterocycles. The van der Waals surface area contributed by atoms with Gasteiger partial charge in [0.2, 0.25) is 5.91 Å². The van der Waals surface area contributed by atoms with Gasteiger partial charge in [-0.15, -0.1) is 11.8 Å². The van der Waals surface area contributed by atoms with Crippen molar-refractivity contribution in [1.29, 1.82) is 0 Å². The number of thioether (sulfide) groups is 1. The van der Waals surface area contributed by atoms with Crippen LogP contribution in [0.4, 0.5) is 0 Å². The number of rotatable bonds is 5. The Balaban J connectivity index is 1.51. The minimum absolute atomic E-state index is 0.231. The van der Waals surface area contributed by atoms with Crippen LogP contribution in [-0.2, 0) is 4.79 Å². The molecule has 2 N–H and O–H groups in total. The second-order valence-corrected chi connectivity index (χ2v) is 6.05. The summed E-state index contributed by atoms with van der Waals surface area (Å²) in [6.07, 6.45) is 3.33. The molecule has 1 atom stereocenters. The van der Waals surface area contributed by atoms with Crippen molar-refractivity contribution in [3.05, 3.63) is 0 Å². The first-order valence-corrected chi connectivity index (χ1v) is 7.73. The first-order chi connectivity index (χ1) is 8.36. The molecule has 1 amide bonds. The lowest BCUT2D eigenvalue weighted by molar-refractivity contribution is -0.120. The van der Waals surface area contributed by atoms with Gasteiger partial charge in [-0.1, -0.05) is 0 Å². The molecule has 0 aromatic carbocycles. The highest BCUT2D eigenvalue weighted by molar-refractivity contribution is 8.00. The van der Waals surface area contributed by atoms with Gasteiger partial charge in [0.25, 0.3) is 0 Å². The number of nitrogens with zero attached hydrogens (tertiary/aromatic N) is 1. The van der Waals surface area contributed by atoms with E-state index in [1.165, 1.54) is 6.42 Å². The first kappa shape index (κ1) is 13.2. The Morgan fingerprint density at radius 1 is 1.41 bits per heavy atom. The van der Waals surface area contributed by atoms with E-state index < -0.39 is 0 Å². The van der Waals surface area contributed by atoms with E-state index in [0.29, 0.717) is 0 Å². The zero-order valence-corrected chi connectivity index (χ0v) is 11.2. The second kappa shape index (κ2) is 7.24. The van der Waals surface area contributed by atoms with Crippen LogP contribution < -0.4 is 10.6 Å². The van der Waals surface area contributed by atoms with Gasteiger partial charge in [0.05, 0.1) is 5.25 Å². The van der Waals surface area contributed by atoms with Crippen LogP contribution in [-0.4, -0.2) is 61.1 Å². The Morgan fingerprint density at radius 2 is 2.24 bits per heavy atom. The molecule has 0 saturated carbocycles. The van der Waals surface area contributed by atoms with Crippen molar-refractivity contribution >= 4 is 17.7 Å². The van der Waals surface area contributed by atoms with E-state index in [9.17, 15) is 4.79 Å². The van der Waals surface area contributed by atoms with Crippen molar-refractivity contribution in [1.82, 2.24) is 15.5 Å². The molecule has 2 rings (SSSR count). The third kappa shape index (κ3) is 4.48. The Kier molecular flexibility index (Phi) is 5.61. The van der Waals surface area contributed by atoms with Crippen molar-refractivity contribution in [2.75, 3.05) is 45.0 Å². The van der Waals surface area contributed by atoms with Gasteiger partial charge >= 0.3 is 0 Å². The molecule has 2 saturated heterocycles. The van der Waals surface area contributed by atoms with Gasteiger partial charge in [0.1, 0.15) is 0 Å². The molecular formula is C12H23N3OS. The van der Waals surface area contributed by atoms with Crippen molar-refractivity contribution in [2.45, 2.75) is 24.5 Å². The SMILES string of the molecule is O=C(NCCCN1CCNCC1)C1CCCS1. The fourth-order valence-corrected chi connectivity index (χ4v) is 3.53. The zero-order chi connectivity index (χ0) is 11.9. The van der Waals surface area contributed by atoms with E-state index in [4.69, 9.17) is 0 Å². The minimum Gasteiger partial charge on any atom is -0.355 e. The van der Waals surface area contributed by atoms with Gasteiger partial charge in [0, 0.05) is 32.7 Å². The summed E-state index contributed by atoms with van der Waals surface area (Å²) in [5.41, 5.74) is 0. The Bertz CT molecular complexity index is 238. The summed E-state index contributed by atoms with van der Waals surface area (Å²) in [6, 6.07) is 0. The molecule has 5 heteroatoms. The summed E-state index contributed by atoms with van der Waals surface area (Å²) in [6.45, 7) is 6.44. The second-order valence-electron chi connectivity index (χ2n) is 4.74. The number of amides is 1. The summed E-state index contributed by atoms with van der Waals surface area (Å²) in [7, 11) is 0. The van der Waals surface area contributed by atoms with Gasteiger partial charge in [-0.25, -0.2) is 0 Å². The molecule has 0 aromatic heterocycles. The van der Waals surface area contributed by atoms with Gasteiger partial charge in [-0.2, -0.15) is 0 Å². The maximum Gasteiger partial charge on any atom is 0.233 e. The van der Waals surface area contributed by atoms with Crippen molar-refractivity contribution in [3.8, 4) is 0 Å². The molecule has 0 aliphatic carbocycles. The van der Waals surface area contributed by atoms with E-state index in [1.807, 2.05) is 0 Å². The Labute approximate surface area is 108 Å². The van der Waals surface area contributed by atoms with Gasteiger partial charge in [-0.3, -0.25) is 4.79 Å². The Morgan fingerprint density at radius 3 is 2.94 bits per heavy atom. The largest absolute Gasteiger partial charge is 0.355 e. The number of piperazine rings is 1. The van der Waals surface area contributed by atoms with Crippen LogP contribution in [0.3, 0.4) is 0 Å². The molecule has 4 nitrogen and oxygen atoms in total. The number of nitrogens with one attached hydrogen (secondary N) is 2. The fraction of sp³-hybridized carbons (Fsp3) is 0.917. The lowest BCUT2D eigenvalue weighted by Crippen LogP contribution is -2.44. The molecule has 0 radical (unpaired) electrons. The van der Waals surface area contributed by atoms with Crippen molar-refractivity contribution in [3.63, 3.8) is 0 Å². The topological polar surface area (TPSA) is 44.4 Å². The van der Waals surface area contributed by atoms with E-state index >= 15 is 0 Å². The maximum absolute atomic E-state index is 11.7. The molecule has 98 valence electrons. The molecule has 0 bridgehead atoms. The highest BCUT2D eigenvalue weighted by Gasteiger charge is 2.22. The molecule has 2 aliphatic rings. The average Bonchev–Trinajstić information content (AvgIpc) is 2.89. The van der Waals surface area contributed by atoms with E-state index in [1.54, 1.807) is 11.8 Å². The summed E-state index contributed by atoms with van der Waals surface area (Å²) in [4.78, 5) is 14.2. The zero-order valence-electron chi connectivity index (χ0n) is 10.4. The molecule has 2 aliphatic heterocycles. The first-order valence-electron chi connectivity index (χ1n) is 6.68. The summed E-state index contributed by atoms with van der Waals surface area (Å²) >= 11 is 1.81. The van der Waals surface area contributed by atoms with E-state index in [2.05, 4.69) is 15.5 Å². The van der Waals surface area contributed by atoms with E-state index in [-0.39, 0.29) is 11.2 Å². The van der Waals surface area contributed by atoms with E-state index in [0.717, 1.165) is 57.9 Å². The quantitative estimate of drug-likeness (QED) is 0.695. The van der Waals surface area contributed by atoms with Crippen LogP contribution in [0.5, 0.6) is 0 Å². The predicted molar refractivity (Wildman–Crippen MR) is 72.4 cm³/mol. The molecule has 0 spiro atoms. The summed E-state index contributed by atoms with van der Waals surface area (Å²) in [5.74, 6) is 1.41. The highest BCUT2D eigenvalue weighted by atomic mass is 32.2. The molecular weight excluding hydrogens is 234 g/mol. The van der Waals surface area contributed by atoms with Crippen LogP contribution >= 0.6 is 11.8 Å². The van der Waals surface area contributed by atoms with Crippen LogP contribution in [0, 0.1) is 0 Å². The van der Waals surface area contributed by atoms with Crippen LogP contribution in [0.25, 0.3) is 0 Å². The molecule has 17 heavy (non-hydrogen) atoms. The summed E-state index contributed by atoms with van der Waals surface area (Å²) in [5, 5.41) is 6.64. The number of hydrogen-bond donors (Lipinski definition) is 2. The molecule has 0 aromatic rings. The molecule has 2 fully saturated rings. The lowest BCUT2D eigenvalue weighted by atomic mass is 10.2. The average molecular weight is 257 g/mol. The predicted octanol–water partition coefficient (Wildman–Crippen LogP) is 0.294. The van der Waals surface area contributed by atoms with Crippen molar-refractivity contribution in [2.24, 2.45) is 0 Å². The Hall–Kier alpha value is -0.260. The fourth-order valence-electron chi connectivity index (χ4n) is 2.35. The number of carbonyl (C=O) groups is 1. The summed E-state index contributed by atoms with van der Waals surface area (Å²) < 4.78 is 0. The van der Waals surface area contributed by atoms with Crippen LogP contribution in [0.1, 0.15) is 19.3 Å². The van der Waals surface area contributed by atoms with Gasteiger partial charge in [-0.05, 0) is 31.6 Å². The third-order valence-electron chi connectivity index (χ3n) is 3.38. The number of hydrogen-bond acceptors (Lipinski definition) is 4. The highest BCUT2D eigenvalue weighted by Crippen LogP contribution is 2.25. The maximum atomic E-state index is 11.7. The number of carbonyl (C=O) groups excluding carboxylic acids is 1. The normalized spacial score (nSPS) is 26.0. The van der Waals surface area contributed by atoms with Crippen LogP contribution in [0.15, 0.2) is 0 Å². The standard InChI is InChI=1S/C12H23N3OS/c16-12(11-3-1-10-17-11)14-4-2-7-15-8-5-13-6-9-15/h11,13H,1-10H2,(H,14,16). The smallest absolute Gasteiger partial charge is 0.233 e. The minimum atomic E-state index is 0.231. The van der Waals surface area contributed by atoms with Gasteiger partial charge < -0.3 is 15.5 Å². The molecule has 1 unspecified atom stereocenters.